The number of aryl methyl sites for hydroxylation is 1. The number of ether oxygens (including phenoxy) is 1. The molecule has 5 heteroatoms. The molecular weight excluding hydrogens is 292 g/mol. The van der Waals surface area contributed by atoms with Crippen LogP contribution in [0.25, 0.3) is 0 Å². The van der Waals surface area contributed by atoms with Crippen LogP contribution in [0.1, 0.15) is 16.7 Å². The van der Waals surface area contributed by atoms with Crippen LogP contribution in [0.2, 0.25) is 0 Å². The van der Waals surface area contributed by atoms with E-state index in [-0.39, 0.29) is 5.56 Å². The molecule has 0 bridgehead atoms. The third kappa shape index (κ3) is 3.77. The minimum absolute atomic E-state index is 0.376. The molecule has 0 radical (unpaired) electrons. The van der Waals surface area contributed by atoms with E-state index in [1.165, 1.54) is 6.20 Å². The highest BCUT2D eigenvalue weighted by molar-refractivity contribution is 5.36. The molecule has 1 aromatic heterocycles. The minimum Gasteiger partial charge on any atom is -0.457 e. The van der Waals surface area contributed by atoms with Crippen molar-refractivity contribution in [2.45, 2.75) is 13.3 Å². The zero-order valence-corrected chi connectivity index (χ0v) is 12.6. The summed E-state index contributed by atoms with van der Waals surface area (Å²) in [6, 6.07) is 15.3. The summed E-state index contributed by atoms with van der Waals surface area (Å²) in [6.07, 6.45) is 1.85. The summed E-state index contributed by atoms with van der Waals surface area (Å²) in [6.45, 7) is 2.01. The summed E-state index contributed by atoms with van der Waals surface area (Å²) in [5.74, 6) is 1.47. The molecule has 0 amide bonds. The minimum atomic E-state index is -0.504. The lowest BCUT2D eigenvalue weighted by molar-refractivity contribution is 0.481. The highest BCUT2D eigenvalue weighted by Crippen LogP contribution is 2.23. The number of aromatic amines is 2. The van der Waals surface area contributed by atoms with Gasteiger partial charge in [-0.15, -0.1) is 0 Å². The molecule has 0 saturated heterocycles. The Balaban J connectivity index is 1.82. The van der Waals surface area contributed by atoms with Crippen molar-refractivity contribution in [3.63, 3.8) is 0 Å². The van der Waals surface area contributed by atoms with Crippen LogP contribution in [0.15, 0.2) is 64.3 Å². The maximum Gasteiger partial charge on any atom is 0.325 e. The zero-order valence-electron chi connectivity index (χ0n) is 12.6. The van der Waals surface area contributed by atoms with Crippen LogP contribution in [-0.2, 0) is 6.42 Å². The van der Waals surface area contributed by atoms with Gasteiger partial charge in [0, 0.05) is 18.2 Å². The first-order chi connectivity index (χ1) is 11.1. The van der Waals surface area contributed by atoms with Crippen molar-refractivity contribution in [2.75, 3.05) is 0 Å². The lowest BCUT2D eigenvalue weighted by Gasteiger charge is -2.08. The Morgan fingerprint density at radius 3 is 2.48 bits per heavy atom. The van der Waals surface area contributed by atoms with Crippen LogP contribution < -0.4 is 16.0 Å². The van der Waals surface area contributed by atoms with Crippen LogP contribution in [0, 0.1) is 6.92 Å². The molecule has 0 fully saturated rings. The third-order valence-corrected chi connectivity index (χ3v) is 3.41. The van der Waals surface area contributed by atoms with Gasteiger partial charge in [0.25, 0.3) is 5.56 Å². The summed E-state index contributed by atoms with van der Waals surface area (Å²) in [5, 5.41) is 0. The first kappa shape index (κ1) is 14.8. The van der Waals surface area contributed by atoms with Gasteiger partial charge in [0.1, 0.15) is 11.5 Å². The lowest BCUT2D eigenvalue weighted by atomic mass is 10.1. The molecule has 0 aliphatic heterocycles. The van der Waals surface area contributed by atoms with E-state index in [0.29, 0.717) is 17.7 Å². The summed E-state index contributed by atoms with van der Waals surface area (Å²) < 4.78 is 5.84. The van der Waals surface area contributed by atoms with Gasteiger partial charge < -0.3 is 9.72 Å². The number of rotatable bonds is 4. The van der Waals surface area contributed by atoms with E-state index >= 15 is 0 Å². The normalized spacial score (nSPS) is 10.5. The first-order valence-corrected chi connectivity index (χ1v) is 7.24. The van der Waals surface area contributed by atoms with Gasteiger partial charge in [-0.3, -0.25) is 9.78 Å². The summed E-state index contributed by atoms with van der Waals surface area (Å²) >= 11 is 0. The van der Waals surface area contributed by atoms with E-state index in [4.69, 9.17) is 4.74 Å². The molecule has 0 spiro atoms. The molecule has 1 heterocycles. The molecule has 116 valence electrons. The molecule has 2 N–H and O–H groups in total. The Hall–Kier alpha value is -3.08. The smallest absolute Gasteiger partial charge is 0.325 e. The molecule has 0 aliphatic rings. The SMILES string of the molecule is Cc1cccc(Oc2cccc(Cc3c[nH]c(=O)[nH]c3=O)c2)c1. The van der Waals surface area contributed by atoms with Gasteiger partial charge >= 0.3 is 5.69 Å². The number of H-pyrrole nitrogens is 2. The Bertz CT molecular complexity index is 941. The van der Waals surface area contributed by atoms with Crippen molar-refractivity contribution in [3.05, 3.63) is 92.3 Å². The Morgan fingerprint density at radius 2 is 1.74 bits per heavy atom. The predicted molar refractivity (Wildman–Crippen MR) is 88.2 cm³/mol. The second-order valence-corrected chi connectivity index (χ2v) is 5.34. The summed E-state index contributed by atoms with van der Waals surface area (Å²) in [4.78, 5) is 27.5. The molecule has 0 unspecified atom stereocenters. The van der Waals surface area contributed by atoms with Crippen LogP contribution in [0.3, 0.4) is 0 Å². The molecular formula is C18H16N2O3. The maximum absolute atomic E-state index is 11.8. The van der Waals surface area contributed by atoms with Crippen molar-refractivity contribution >= 4 is 0 Å². The summed E-state index contributed by atoms with van der Waals surface area (Å²) in [7, 11) is 0. The van der Waals surface area contributed by atoms with Crippen molar-refractivity contribution in [1.82, 2.24) is 9.97 Å². The van der Waals surface area contributed by atoms with E-state index in [0.717, 1.165) is 16.9 Å². The number of aromatic nitrogens is 2. The average Bonchev–Trinajstić information content (AvgIpc) is 2.51. The van der Waals surface area contributed by atoms with Gasteiger partial charge in [0.15, 0.2) is 0 Å². The van der Waals surface area contributed by atoms with E-state index < -0.39 is 5.69 Å². The maximum atomic E-state index is 11.8. The molecule has 3 rings (SSSR count). The van der Waals surface area contributed by atoms with Gasteiger partial charge in [-0.25, -0.2) is 4.79 Å². The highest BCUT2D eigenvalue weighted by Gasteiger charge is 2.04. The standard InChI is InChI=1S/C18H16N2O3/c1-12-4-2-6-15(8-12)23-16-7-3-5-13(10-16)9-14-11-19-18(22)20-17(14)21/h2-8,10-11H,9H2,1H3,(H2,19,20,21,22). The largest absolute Gasteiger partial charge is 0.457 e. The number of hydrogen-bond acceptors (Lipinski definition) is 3. The Labute approximate surface area is 132 Å². The number of benzene rings is 2. The van der Waals surface area contributed by atoms with Crippen molar-refractivity contribution < 1.29 is 4.74 Å². The second kappa shape index (κ2) is 6.36. The van der Waals surface area contributed by atoms with Gasteiger partial charge in [-0.1, -0.05) is 24.3 Å². The fourth-order valence-corrected chi connectivity index (χ4v) is 2.32. The first-order valence-electron chi connectivity index (χ1n) is 7.24. The Kier molecular flexibility index (Phi) is 4.10. The van der Waals surface area contributed by atoms with Crippen molar-refractivity contribution in [1.29, 1.82) is 0 Å². The van der Waals surface area contributed by atoms with Crippen LogP contribution in [0.4, 0.5) is 0 Å². The van der Waals surface area contributed by atoms with E-state index in [1.807, 2.05) is 55.5 Å². The lowest BCUT2D eigenvalue weighted by Crippen LogP contribution is -2.24. The Morgan fingerprint density at radius 1 is 1.00 bits per heavy atom. The third-order valence-electron chi connectivity index (χ3n) is 3.41. The van der Waals surface area contributed by atoms with Gasteiger partial charge in [-0.05, 0) is 42.3 Å². The van der Waals surface area contributed by atoms with E-state index in [9.17, 15) is 9.59 Å². The molecule has 0 aliphatic carbocycles. The predicted octanol–water partition coefficient (Wildman–Crippen LogP) is 2.75. The van der Waals surface area contributed by atoms with E-state index in [1.54, 1.807) is 0 Å². The van der Waals surface area contributed by atoms with Crippen LogP contribution >= 0.6 is 0 Å². The average molecular weight is 308 g/mol. The molecule has 23 heavy (non-hydrogen) atoms. The van der Waals surface area contributed by atoms with Gasteiger partial charge in [0.2, 0.25) is 0 Å². The number of nitrogens with one attached hydrogen (secondary N) is 2. The quantitative estimate of drug-likeness (QED) is 0.778. The molecule has 0 atom stereocenters. The van der Waals surface area contributed by atoms with Crippen molar-refractivity contribution in [2.24, 2.45) is 0 Å². The molecule has 5 nitrogen and oxygen atoms in total. The van der Waals surface area contributed by atoms with Crippen molar-refractivity contribution in [3.8, 4) is 11.5 Å². The van der Waals surface area contributed by atoms with E-state index in [2.05, 4.69) is 9.97 Å². The van der Waals surface area contributed by atoms with Crippen LogP contribution in [-0.4, -0.2) is 9.97 Å². The summed E-state index contributed by atoms with van der Waals surface area (Å²) in [5.41, 5.74) is 1.66. The topological polar surface area (TPSA) is 75.0 Å². The highest BCUT2D eigenvalue weighted by atomic mass is 16.5. The van der Waals surface area contributed by atoms with Gasteiger partial charge in [0.05, 0.1) is 0 Å². The van der Waals surface area contributed by atoms with Gasteiger partial charge in [-0.2, -0.15) is 0 Å². The fourth-order valence-electron chi connectivity index (χ4n) is 2.32. The molecule has 3 aromatic rings. The van der Waals surface area contributed by atoms with Crippen LogP contribution in [0.5, 0.6) is 11.5 Å². The zero-order chi connectivity index (χ0) is 16.2. The molecule has 0 saturated carbocycles. The monoisotopic (exact) mass is 308 g/mol. The second-order valence-electron chi connectivity index (χ2n) is 5.34. The molecule has 2 aromatic carbocycles. The number of hydrogen-bond donors (Lipinski definition) is 2. The fraction of sp³-hybridized carbons (Fsp3) is 0.111.